The molecule has 0 N–H and O–H groups in total. The zero-order valence-corrected chi connectivity index (χ0v) is 11.4. The van der Waals surface area contributed by atoms with Crippen LogP contribution in [0.4, 0.5) is 0 Å². The Balaban J connectivity index is -0.0000000637. The maximum absolute atomic E-state index is 3.96. The summed E-state index contributed by atoms with van der Waals surface area (Å²) < 4.78 is 1.46. The van der Waals surface area contributed by atoms with Crippen molar-refractivity contribution in [1.82, 2.24) is 14.9 Å². The Kier molecular flexibility index (Phi) is 22.2. The standard InChI is InChI=1S/C6H8N4.C2H6.2CH4.Y.H2/c1-5(2)9-10-4-7-8-6(10)3;1-2;;;;/h1H2,2-3H3;1-2H3;2*1H4;;1H/q-2;;;;;/i;;;;;1+1. The molecule has 1 radical (unpaired) electrons. The topological polar surface area (TPSA) is 43.1 Å². The number of nitrogens with zero attached hydrogens (tertiary/aromatic N) is 4. The first-order valence-electron chi connectivity index (χ1n) is 3.87. The summed E-state index contributed by atoms with van der Waals surface area (Å²) in [6.45, 7) is 11.2. The zero-order chi connectivity index (χ0) is 9.56. The van der Waals surface area contributed by atoms with Gasteiger partial charge in [-0.25, -0.2) is 5.10 Å². The molecule has 0 aliphatic carbocycles. The van der Waals surface area contributed by atoms with Crippen LogP contribution in [0.5, 0.6) is 0 Å². The Morgan fingerprint density at radius 3 is 2.20 bits per heavy atom. The molecule has 0 spiro atoms. The van der Waals surface area contributed by atoms with Gasteiger partial charge in [-0.05, 0) is 12.2 Å². The van der Waals surface area contributed by atoms with Gasteiger partial charge in [0.05, 0.1) is 0 Å². The van der Waals surface area contributed by atoms with Gasteiger partial charge in [0.25, 0.3) is 0 Å². The molecule has 4 nitrogen and oxygen atoms in total. The molecule has 1 aromatic heterocycles. The van der Waals surface area contributed by atoms with E-state index in [1.165, 1.54) is 4.68 Å². The van der Waals surface area contributed by atoms with E-state index in [-0.39, 0.29) is 49.0 Å². The van der Waals surface area contributed by atoms with Crippen molar-refractivity contribution in [3.05, 3.63) is 19.1 Å². The minimum Gasteiger partial charge on any atom is -0.372 e. The first-order chi connectivity index (χ1) is 5.70. The van der Waals surface area contributed by atoms with Crippen LogP contribution in [0.2, 0.25) is 0 Å². The van der Waals surface area contributed by atoms with Gasteiger partial charge in [0.2, 0.25) is 0 Å². The normalized spacial score (nSPS) is 8.40. The zero-order valence-electron chi connectivity index (χ0n) is 8.57. The maximum atomic E-state index is 3.96. The number of hydrogen-bond donors (Lipinski definition) is 0. The van der Waals surface area contributed by atoms with E-state index < -0.39 is 0 Å². The Morgan fingerprint density at radius 2 is 1.93 bits per heavy atom. The molecule has 0 aliphatic rings. The van der Waals surface area contributed by atoms with E-state index in [0.717, 1.165) is 0 Å². The van der Waals surface area contributed by atoms with E-state index in [1.807, 2.05) is 13.8 Å². The monoisotopic (exact) mass is 290 g/mol. The van der Waals surface area contributed by atoms with E-state index in [0.29, 0.717) is 11.5 Å². The summed E-state index contributed by atoms with van der Waals surface area (Å²) in [5.74, 6) is 0.711. The molecule has 1 heterocycles. The van der Waals surface area contributed by atoms with Gasteiger partial charge in [0.15, 0.2) is 0 Å². The molecule has 1 rings (SSSR count). The average molecular weight is 290 g/mol. The third-order valence-corrected chi connectivity index (χ3v) is 0.911. The summed E-state index contributed by atoms with van der Waals surface area (Å²) in [5.41, 5.74) is 0.708. The summed E-state index contributed by atoms with van der Waals surface area (Å²) in [6, 6.07) is 0. The molecule has 0 saturated carbocycles. The van der Waals surface area contributed by atoms with E-state index in [1.54, 1.807) is 13.8 Å². The third kappa shape index (κ3) is 10.1. The number of aryl methyl sites for hydroxylation is 1. The first-order valence-corrected chi connectivity index (χ1v) is 3.87. The quantitative estimate of drug-likeness (QED) is 0.589. The minimum atomic E-state index is 0. The third-order valence-electron chi connectivity index (χ3n) is 0.911. The van der Waals surface area contributed by atoms with E-state index in [9.17, 15) is 0 Å². The molecule has 1 aromatic rings. The van der Waals surface area contributed by atoms with Gasteiger partial charge in [-0.15, -0.1) is 5.71 Å². The second-order valence-electron chi connectivity index (χ2n) is 1.99. The van der Waals surface area contributed by atoms with Gasteiger partial charge in [0.1, 0.15) is 0 Å². The molecule has 0 bridgehead atoms. The van der Waals surface area contributed by atoms with Crippen molar-refractivity contribution in [3.63, 3.8) is 0 Å². The van der Waals surface area contributed by atoms with Crippen LogP contribution in [0.1, 0.15) is 42.9 Å². The Labute approximate surface area is 121 Å². The smallest absolute Gasteiger partial charge is 0 e. The Bertz CT molecular complexity index is 257. The molecule has 0 fully saturated rings. The molecule has 15 heavy (non-hydrogen) atoms. The summed E-state index contributed by atoms with van der Waals surface area (Å²) in [5, 5.41) is 11.2. The van der Waals surface area contributed by atoms with Crippen LogP contribution in [0.15, 0.2) is 5.10 Å². The molecule has 0 saturated heterocycles. The molecule has 5 heteroatoms. The molecule has 0 atom stereocenters. The molecule has 0 amide bonds. The van der Waals surface area contributed by atoms with Crippen molar-refractivity contribution in [2.45, 2.75) is 42.5 Å². The van der Waals surface area contributed by atoms with Gasteiger partial charge in [-0.2, -0.15) is 0 Å². The van der Waals surface area contributed by atoms with E-state index in [2.05, 4.69) is 28.5 Å². The van der Waals surface area contributed by atoms with Crippen LogP contribution in [0.25, 0.3) is 0 Å². The molecule has 0 aliphatic heterocycles. The van der Waals surface area contributed by atoms with Gasteiger partial charge >= 0.3 is 0 Å². The van der Waals surface area contributed by atoms with Gasteiger partial charge in [0, 0.05) is 34.1 Å². The average Bonchev–Trinajstić information content (AvgIpc) is 2.40. The summed E-state index contributed by atoms with van der Waals surface area (Å²) >= 11 is 0. The SMILES string of the molecule is C.C.CC.[2HH].[CH2-]C(C)=Nn1[c-]nnc1C.[Y]. The van der Waals surface area contributed by atoms with Crippen LogP contribution in [0.3, 0.4) is 0 Å². The van der Waals surface area contributed by atoms with Crippen molar-refractivity contribution in [2.24, 2.45) is 5.10 Å². The van der Waals surface area contributed by atoms with Crippen molar-refractivity contribution < 1.29 is 34.1 Å². The van der Waals surface area contributed by atoms with Crippen LogP contribution in [-0.2, 0) is 32.7 Å². The second-order valence-corrected chi connectivity index (χ2v) is 1.99. The van der Waals surface area contributed by atoms with Crippen LogP contribution >= 0.6 is 0 Å². The molecular formula is C10H24N4Y-2. The summed E-state index contributed by atoms with van der Waals surface area (Å²) in [4.78, 5) is 0. The Hall–Kier alpha value is -0.216. The van der Waals surface area contributed by atoms with Gasteiger partial charge in [-0.1, -0.05) is 42.5 Å². The molecule has 0 aromatic carbocycles. The van der Waals surface area contributed by atoms with Crippen LogP contribution in [-0.4, -0.2) is 20.6 Å². The Morgan fingerprint density at radius 1 is 1.47 bits per heavy atom. The fourth-order valence-electron chi connectivity index (χ4n) is 0.517. The molecular weight excluding hydrogens is 265 g/mol. The van der Waals surface area contributed by atoms with Crippen LogP contribution in [0, 0.1) is 20.2 Å². The largest absolute Gasteiger partial charge is 0.372 e. The number of aromatic nitrogens is 3. The number of rotatable bonds is 1. The number of hydrogen-bond acceptors (Lipinski definition) is 3. The van der Waals surface area contributed by atoms with Gasteiger partial charge in [-0.3, -0.25) is 10.2 Å². The van der Waals surface area contributed by atoms with E-state index >= 15 is 0 Å². The van der Waals surface area contributed by atoms with Crippen molar-refractivity contribution in [1.29, 1.82) is 0 Å². The fourth-order valence-corrected chi connectivity index (χ4v) is 0.517. The summed E-state index contributed by atoms with van der Waals surface area (Å²) in [7, 11) is 0. The predicted molar refractivity (Wildman–Crippen MR) is 64.4 cm³/mol. The summed E-state index contributed by atoms with van der Waals surface area (Å²) in [6.07, 6.45) is 2.56. The second kappa shape index (κ2) is 13.8. The molecule has 89 valence electrons. The first kappa shape index (κ1) is 24.2. The predicted octanol–water partition coefficient (Wildman–Crippen LogP) is 2.99. The van der Waals surface area contributed by atoms with Crippen LogP contribution < -0.4 is 0 Å². The van der Waals surface area contributed by atoms with Gasteiger partial charge < -0.3 is 11.6 Å². The molecule has 0 unspecified atom stereocenters. The van der Waals surface area contributed by atoms with Crippen molar-refractivity contribution in [3.8, 4) is 0 Å². The van der Waals surface area contributed by atoms with Crippen molar-refractivity contribution >= 4 is 5.71 Å². The van der Waals surface area contributed by atoms with Crippen molar-refractivity contribution in [2.75, 3.05) is 0 Å². The fraction of sp³-hybridized carbons (Fsp3) is 0.600. The maximum Gasteiger partial charge on any atom is 0 e. The van der Waals surface area contributed by atoms with E-state index in [4.69, 9.17) is 0 Å². The minimum absolute atomic E-state index is 0.